The molecule has 7 nitrogen and oxygen atoms in total. The Morgan fingerprint density at radius 1 is 1.12 bits per heavy atom. The van der Waals surface area contributed by atoms with Gasteiger partial charge in [0, 0.05) is 6.20 Å². The highest BCUT2D eigenvalue weighted by Gasteiger charge is 2.24. The maximum absolute atomic E-state index is 13.9. The van der Waals surface area contributed by atoms with Crippen LogP contribution in [0.2, 0.25) is 5.02 Å². The van der Waals surface area contributed by atoms with Crippen LogP contribution >= 0.6 is 11.6 Å². The minimum absolute atomic E-state index is 0.0582. The first kappa shape index (κ1) is 22.0. The number of hydrogen-bond acceptors (Lipinski definition) is 5. The lowest BCUT2D eigenvalue weighted by Gasteiger charge is -2.18. The van der Waals surface area contributed by atoms with E-state index < -0.39 is 23.6 Å². The fourth-order valence-corrected chi connectivity index (χ4v) is 3.52. The van der Waals surface area contributed by atoms with Crippen LogP contribution in [0.3, 0.4) is 0 Å². The molecule has 0 aliphatic heterocycles. The third-order valence-electron chi connectivity index (χ3n) is 4.81. The Kier molecular flexibility index (Phi) is 6.07. The highest BCUT2D eigenvalue weighted by Crippen LogP contribution is 2.32. The van der Waals surface area contributed by atoms with E-state index in [-0.39, 0.29) is 27.7 Å². The molecule has 9 heteroatoms. The van der Waals surface area contributed by atoms with Gasteiger partial charge in [0.05, 0.1) is 23.0 Å². The van der Waals surface area contributed by atoms with Gasteiger partial charge < -0.3 is 4.74 Å². The number of nitriles is 1. The smallest absolute Gasteiger partial charge is 0.339 e. The normalized spacial score (nSPS) is 10.6. The minimum atomic E-state index is -0.781. The number of rotatable bonds is 5. The average molecular weight is 463 g/mol. The fourth-order valence-electron chi connectivity index (χ4n) is 3.34. The van der Waals surface area contributed by atoms with Crippen molar-refractivity contribution in [3.63, 3.8) is 0 Å². The van der Waals surface area contributed by atoms with Crippen LogP contribution in [-0.4, -0.2) is 14.1 Å². The minimum Gasteiger partial charge on any atom is -0.440 e. The lowest BCUT2D eigenvalue weighted by Crippen LogP contribution is -2.40. The predicted molar refractivity (Wildman–Crippen MR) is 121 cm³/mol. The van der Waals surface area contributed by atoms with Crippen molar-refractivity contribution in [2.24, 2.45) is 0 Å². The highest BCUT2D eigenvalue weighted by atomic mass is 35.5. The molecule has 0 radical (unpaired) electrons. The Balaban J connectivity index is 2.12. The molecule has 2 aromatic carbocycles. The second kappa shape index (κ2) is 9.10. The van der Waals surface area contributed by atoms with Gasteiger partial charge in [0.25, 0.3) is 5.56 Å². The molecule has 2 heterocycles. The maximum atomic E-state index is 13.9. The summed E-state index contributed by atoms with van der Waals surface area (Å²) in [7, 11) is 0. The second-order valence-corrected chi connectivity index (χ2v) is 7.52. The Hall–Kier alpha value is -4.22. The Morgan fingerprint density at radius 3 is 2.55 bits per heavy atom. The number of aromatic nitrogens is 3. The van der Waals surface area contributed by atoms with E-state index in [1.165, 1.54) is 18.3 Å². The van der Waals surface area contributed by atoms with E-state index in [4.69, 9.17) is 16.3 Å². The van der Waals surface area contributed by atoms with Crippen molar-refractivity contribution < 1.29 is 9.13 Å². The van der Waals surface area contributed by atoms with Crippen molar-refractivity contribution in [1.29, 1.82) is 5.26 Å². The van der Waals surface area contributed by atoms with E-state index in [1.807, 2.05) is 6.07 Å². The van der Waals surface area contributed by atoms with Gasteiger partial charge in [-0.1, -0.05) is 35.9 Å². The number of pyridine rings is 1. The summed E-state index contributed by atoms with van der Waals surface area (Å²) in [6.45, 7) is 1.37. The fraction of sp³-hybridized carbons (Fsp3) is 0.0833. The zero-order chi connectivity index (χ0) is 23.5. The van der Waals surface area contributed by atoms with Crippen molar-refractivity contribution in [2.45, 2.75) is 13.5 Å². The van der Waals surface area contributed by atoms with Crippen molar-refractivity contribution in [2.75, 3.05) is 0 Å². The van der Waals surface area contributed by atoms with Crippen LogP contribution < -0.4 is 16.0 Å². The number of ether oxygens (including phenoxy) is 1. The number of hydrogen-bond donors (Lipinski definition) is 0. The van der Waals surface area contributed by atoms with Crippen molar-refractivity contribution in [3.05, 3.63) is 104 Å². The van der Waals surface area contributed by atoms with Crippen LogP contribution in [0.15, 0.2) is 76.6 Å². The van der Waals surface area contributed by atoms with Gasteiger partial charge in [-0.3, -0.25) is 9.78 Å². The van der Waals surface area contributed by atoms with E-state index in [0.717, 1.165) is 20.8 Å². The summed E-state index contributed by atoms with van der Waals surface area (Å²) in [6.07, 6.45) is 2.95. The molecule has 0 amide bonds. The summed E-state index contributed by atoms with van der Waals surface area (Å²) in [4.78, 5) is 31.1. The third kappa shape index (κ3) is 4.27. The van der Waals surface area contributed by atoms with Gasteiger partial charge in [-0.05, 0) is 48.4 Å². The molecule has 4 rings (SSSR count). The molecule has 4 aromatic rings. The maximum Gasteiger partial charge on any atom is 0.339 e. The lowest BCUT2D eigenvalue weighted by atomic mass is 10.1. The lowest BCUT2D eigenvalue weighted by molar-refractivity contribution is 0.422. The SMILES string of the molecule is Cc1cncc(-n2c(=O)c(-c3ccc(F)c(Cl)c3)c(Oc3ccccc3)n(CC#N)c2=O)c1. The van der Waals surface area contributed by atoms with Gasteiger partial charge in [0.2, 0.25) is 5.88 Å². The molecular formula is C24H16ClFN4O3. The van der Waals surface area contributed by atoms with Gasteiger partial charge in [0.15, 0.2) is 0 Å². The molecule has 0 fully saturated rings. The molecular weight excluding hydrogens is 447 g/mol. The molecule has 0 aliphatic carbocycles. The number of benzene rings is 2. The first-order chi connectivity index (χ1) is 15.9. The standard InChI is InChI=1S/C24H16ClFN4O3/c1-15-11-17(14-28-13-15)30-22(31)21(16-7-8-20(26)19(25)12-16)23(29(10-9-27)24(30)32)33-18-5-3-2-4-6-18/h2-8,11-14H,10H2,1H3. The molecule has 33 heavy (non-hydrogen) atoms. The zero-order valence-corrected chi connectivity index (χ0v) is 18.1. The van der Waals surface area contributed by atoms with E-state index in [0.29, 0.717) is 5.75 Å². The average Bonchev–Trinajstić information content (AvgIpc) is 2.79. The monoisotopic (exact) mass is 462 g/mol. The van der Waals surface area contributed by atoms with Crippen molar-refractivity contribution in [1.82, 2.24) is 14.1 Å². The van der Waals surface area contributed by atoms with Gasteiger partial charge in [-0.25, -0.2) is 18.3 Å². The van der Waals surface area contributed by atoms with Gasteiger partial charge in [0.1, 0.15) is 23.7 Å². The molecule has 0 spiro atoms. The van der Waals surface area contributed by atoms with Crippen LogP contribution in [0.1, 0.15) is 5.56 Å². The molecule has 0 atom stereocenters. The number of aryl methyl sites for hydroxylation is 1. The molecule has 164 valence electrons. The van der Waals surface area contributed by atoms with Crippen LogP contribution in [0.25, 0.3) is 16.8 Å². The third-order valence-corrected chi connectivity index (χ3v) is 5.10. The summed E-state index contributed by atoms with van der Waals surface area (Å²) >= 11 is 5.98. The molecule has 0 bridgehead atoms. The van der Waals surface area contributed by atoms with Crippen LogP contribution in [0, 0.1) is 24.1 Å². The Morgan fingerprint density at radius 2 is 1.88 bits per heavy atom. The Labute approximate surface area is 192 Å². The summed E-state index contributed by atoms with van der Waals surface area (Å²) in [6, 6.07) is 15.8. The summed E-state index contributed by atoms with van der Waals surface area (Å²) < 4.78 is 21.8. The molecule has 2 aromatic heterocycles. The van der Waals surface area contributed by atoms with Crippen molar-refractivity contribution in [3.8, 4) is 34.5 Å². The molecule has 0 N–H and O–H groups in total. The highest BCUT2D eigenvalue weighted by molar-refractivity contribution is 6.31. The topological polar surface area (TPSA) is 89.9 Å². The van der Waals surface area contributed by atoms with E-state index >= 15 is 0 Å². The largest absolute Gasteiger partial charge is 0.440 e. The number of halogens is 2. The first-order valence-corrected chi connectivity index (χ1v) is 10.2. The quantitative estimate of drug-likeness (QED) is 0.436. The number of nitrogens with zero attached hydrogens (tertiary/aromatic N) is 4. The summed E-state index contributed by atoms with van der Waals surface area (Å²) in [5.41, 5.74) is -0.401. The van der Waals surface area contributed by atoms with Gasteiger partial charge in [-0.2, -0.15) is 5.26 Å². The van der Waals surface area contributed by atoms with E-state index in [9.17, 15) is 19.2 Å². The van der Waals surface area contributed by atoms with Crippen LogP contribution in [-0.2, 0) is 6.54 Å². The summed E-state index contributed by atoms with van der Waals surface area (Å²) in [5, 5.41) is 9.21. The second-order valence-electron chi connectivity index (χ2n) is 7.11. The first-order valence-electron chi connectivity index (χ1n) is 9.78. The molecule has 0 unspecified atom stereocenters. The molecule has 0 saturated carbocycles. The van der Waals surface area contributed by atoms with Crippen LogP contribution in [0.4, 0.5) is 4.39 Å². The van der Waals surface area contributed by atoms with Crippen molar-refractivity contribution >= 4 is 11.6 Å². The van der Waals surface area contributed by atoms with Gasteiger partial charge >= 0.3 is 5.69 Å². The van der Waals surface area contributed by atoms with Gasteiger partial charge in [-0.15, -0.1) is 0 Å². The summed E-state index contributed by atoms with van der Waals surface area (Å²) in [5.74, 6) is -0.482. The number of para-hydroxylation sites is 1. The predicted octanol–water partition coefficient (Wildman–Crippen LogP) is 4.48. The molecule has 0 saturated heterocycles. The molecule has 0 aliphatic rings. The van der Waals surface area contributed by atoms with E-state index in [1.54, 1.807) is 49.5 Å². The van der Waals surface area contributed by atoms with E-state index in [2.05, 4.69) is 4.98 Å². The Bertz CT molecular complexity index is 1510. The van der Waals surface area contributed by atoms with Crippen LogP contribution in [0.5, 0.6) is 11.6 Å². The zero-order valence-electron chi connectivity index (χ0n) is 17.3.